The minimum absolute atomic E-state index is 0.101. The molecule has 0 atom stereocenters. The van der Waals surface area contributed by atoms with Gasteiger partial charge in [-0.25, -0.2) is 4.98 Å². The van der Waals surface area contributed by atoms with Gasteiger partial charge in [0.05, 0.1) is 16.1 Å². The van der Waals surface area contributed by atoms with Crippen molar-refractivity contribution in [2.45, 2.75) is 32.9 Å². The second-order valence-corrected chi connectivity index (χ2v) is 5.87. The highest BCUT2D eigenvalue weighted by molar-refractivity contribution is 6.35. The van der Waals surface area contributed by atoms with Gasteiger partial charge in [0.25, 0.3) is 0 Å². The van der Waals surface area contributed by atoms with E-state index in [4.69, 9.17) is 17.3 Å². The van der Waals surface area contributed by atoms with E-state index < -0.39 is 0 Å². The Balaban J connectivity index is 2.35. The highest BCUT2D eigenvalue weighted by Crippen LogP contribution is 2.25. The fourth-order valence-corrected chi connectivity index (χ4v) is 2.19. The van der Waals surface area contributed by atoms with Gasteiger partial charge in [-0.3, -0.25) is 9.36 Å². The molecule has 0 radical (unpaired) electrons. The Morgan fingerprint density at radius 3 is 2.79 bits per heavy atom. The smallest absolute Gasteiger partial charge is 0.240 e. The van der Waals surface area contributed by atoms with E-state index in [-0.39, 0.29) is 23.9 Å². The number of halogens is 1. The van der Waals surface area contributed by atoms with Crippen molar-refractivity contribution in [1.29, 1.82) is 0 Å². The van der Waals surface area contributed by atoms with Gasteiger partial charge in [0, 0.05) is 5.54 Å². The van der Waals surface area contributed by atoms with Gasteiger partial charge in [-0.15, -0.1) is 0 Å². The van der Waals surface area contributed by atoms with Gasteiger partial charge in [-0.05, 0) is 32.9 Å². The summed E-state index contributed by atoms with van der Waals surface area (Å²) in [5.41, 5.74) is 6.94. The summed E-state index contributed by atoms with van der Waals surface area (Å²) in [6.45, 7) is 5.87. The van der Waals surface area contributed by atoms with Crippen molar-refractivity contribution < 1.29 is 4.79 Å². The molecule has 6 heteroatoms. The number of nitrogens with two attached hydrogens (primary N) is 1. The number of imidazole rings is 1. The van der Waals surface area contributed by atoms with Gasteiger partial charge >= 0.3 is 0 Å². The first-order valence-corrected chi connectivity index (χ1v) is 6.37. The number of carbonyl (C=O) groups is 1. The maximum atomic E-state index is 12.0. The van der Waals surface area contributed by atoms with Crippen LogP contribution in [-0.2, 0) is 11.3 Å². The highest BCUT2D eigenvalue weighted by atomic mass is 35.5. The molecule has 0 unspecified atom stereocenters. The van der Waals surface area contributed by atoms with Crippen LogP contribution in [0, 0.1) is 0 Å². The summed E-state index contributed by atoms with van der Waals surface area (Å²) in [5, 5.41) is 3.42. The maximum absolute atomic E-state index is 12.0. The zero-order valence-electron chi connectivity index (χ0n) is 11.2. The average Bonchev–Trinajstić information content (AvgIpc) is 2.54. The Kier molecular flexibility index (Phi) is 3.41. The van der Waals surface area contributed by atoms with Crippen molar-refractivity contribution in [3.05, 3.63) is 23.2 Å². The van der Waals surface area contributed by atoms with Gasteiger partial charge in [0.15, 0.2) is 0 Å². The Morgan fingerprint density at radius 1 is 1.47 bits per heavy atom. The van der Waals surface area contributed by atoms with Crippen LogP contribution in [-0.4, -0.2) is 21.0 Å². The first kappa shape index (κ1) is 13.7. The van der Waals surface area contributed by atoms with Crippen LogP contribution in [0.2, 0.25) is 5.02 Å². The first-order valence-electron chi connectivity index (χ1n) is 5.99. The van der Waals surface area contributed by atoms with Crippen molar-refractivity contribution in [1.82, 2.24) is 14.9 Å². The number of benzene rings is 1. The van der Waals surface area contributed by atoms with Crippen LogP contribution >= 0.6 is 11.6 Å². The van der Waals surface area contributed by atoms with Crippen molar-refractivity contribution in [3.8, 4) is 0 Å². The number of carbonyl (C=O) groups excluding carboxylic acids is 1. The number of hydrogen-bond acceptors (Lipinski definition) is 3. The number of nitrogen functional groups attached to an aromatic ring is 1. The molecule has 5 nitrogen and oxygen atoms in total. The summed E-state index contributed by atoms with van der Waals surface area (Å²) in [4.78, 5) is 16.2. The number of nitrogens with one attached hydrogen (secondary N) is 1. The lowest BCUT2D eigenvalue weighted by Crippen LogP contribution is -2.42. The fourth-order valence-electron chi connectivity index (χ4n) is 1.92. The summed E-state index contributed by atoms with van der Waals surface area (Å²) in [6, 6.07) is 5.37. The molecule has 0 aliphatic carbocycles. The van der Waals surface area contributed by atoms with E-state index >= 15 is 0 Å². The average molecular weight is 281 g/mol. The molecule has 1 heterocycles. The quantitative estimate of drug-likeness (QED) is 0.886. The minimum atomic E-state index is -0.286. The molecule has 0 saturated carbocycles. The molecular weight excluding hydrogens is 264 g/mol. The van der Waals surface area contributed by atoms with Gasteiger partial charge in [-0.1, -0.05) is 17.7 Å². The molecule has 19 heavy (non-hydrogen) atoms. The molecule has 0 spiro atoms. The SMILES string of the molecule is CC(C)(C)NC(=O)Cn1c(N)nc2cccc(Cl)c21. The normalized spacial score (nSPS) is 11.8. The molecule has 0 bridgehead atoms. The van der Waals surface area contributed by atoms with E-state index in [1.807, 2.05) is 26.8 Å². The number of aromatic nitrogens is 2. The van der Waals surface area contributed by atoms with Crippen LogP contribution in [0.4, 0.5) is 5.95 Å². The molecule has 0 aliphatic rings. The topological polar surface area (TPSA) is 72.9 Å². The van der Waals surface area contributed by atoms with Crippen LogP contribution in [0.15, 0.2) is 18.2 Å². The number of amides is 1. The number of para-hydroxylation sites is 1. The third-order valence-corrected chi connectivity index (χ3v) is 2.87. The zero-order chi connectivity index (χ0) is 14.2. The molecule has 2 rings (SSSR count). The van der Waals surface area contributed by atoms with Crippen LogP contribution in [0.1, 0.15) is 20.8 Å². The molecule has 0 fully saturated rings. The largest absolute Gasteiger partial charge is 0.369 e. The van der Waals surface area contributed by atoms with Gasteiger partial charge in [-0.2, -0.15) is 0 Å². The molecule has 1 aromatic heterocycles. The van der Waals surface area contributed by atoms with Gasteiger partial charge in [0.1, 0.15) is 6.54 Å². The van der Waals surface area contributed by atoms with Crippen LogP contribution in [0.25, 0.3) is 11.0 Å². The van der Waals surface area contributed by atoms with Gasteiger partial charge < -0.3 is 11.1 Å². The standard InChI is InChI=1S/C13H17ClN4O/c1-13(2,3)17-10(19)7-18-11-8(14)5-4-6-9(11)16-12(18)15/h4-6H,7H2,1-3H3,(H2,15,16)(H,17,19). The summed E-state index contributed by atoms with van der Waals surface area (Å²) in [5.74, 6) is 0.158. The minimum Gasteiger partial charge on any atom is -0.369 e. The monoisotopic (exact) mass is 280 g/mol. The highest BCUT2D eigenvalue weighted by Gasteiger charge is 2.17. The number of fused-ring (bicyclic) bond motifs is 1. The molecular formula is C13H17ClN4O. The fraction of sp³-hybridized carbons (Fsp3) is 0.385. The number of anilines is 1. The predicted octanol–water partition coefficient (Wildman–Crippen LogP) is 2.19. The third kappa shape index (κ3) is 2.98. The van der Waals surface area contributed by atoms with E-state index in [2.05, 4.69) is 10.3 Å². The van der Waals surface area contributed by atoms with Crippen molar-refractivity contribution in [3.63, 3.8) is 0 Å². The lowest BCUT2D eigenvalue weighted by molar-refractivity contribution is -0.122. The van der Waals surface area contributed by atoms with E-state index in [1.54, 1.807) is 16.7 Å². The van der Waals surface area contributed by atoms with Crippen LogP contribution in [0.3, 0.4) is 0 Å². The van der Waals surface area contributed by atoms with Crippen molar-refractivity contribution in [2.24, 2.45) is 0 Å². The van der Waals surface area contributed by atoms with Gasteiger partial charge in [0.2, 0.25) is 11.9 Å². The molecule has 0 aliphatic heterocycles. The van der Waals surface area contributed by atoms with E-state index in [0.29, 0.717) is 16.1 Å². The van der Waals surface area contributed by atoms with E-state index in [1.165, 1.54) is 0 Å². The molecule has 102 valence electrons. The number of hydrogen-bond donors (Lipinski definition) is 2. The Morgan fingerprint density at radius 2 is 2.16 bits per heavy atom. The molecule has 1 amide bonds. The molecule has 3 N–H and O–H groups in total. The molecule has 2 aromatic rings. The number of nitrogens with zero attached hydrogens (tertiary/aromatic N) is 2. The van der Waals surface area contributed by atoms with Crippen LogP contribution in [0.5, 0.6) is 0 Å². The predicted molar refractivity (Wildman–Crippen MR) is 77.1 cm³/mol. The molecule has 0 saturated heterocycles. The lowest BCUT2D eigenvalue weighted by atomic mass is 10.1. The Labute approximate surface area is 116 Å². The summed E-state index contributed by atoms with van der Waals surface area (Å²) < 4.78 is 1.62. The zero-order valence-corrected chi connectivity index (χ0v) is 12.0. The summed E-state index contributed by atoms with van der Waals surface area (Å²) in [7, 11) is 0. The van der Waals surface area contributed by atoms with Crippen molar-refractivity contribution >= 4 is 34.5 Å². The second kappa shape index (κ2) is 4.74. The molecule has 1 aromatic carbocycles. The Hall–Kier alpha value is -1.75. The van der Waals surface area contributed by atoms with Crippen molar-refractivity contribution in [2.75, 3.05) is 5.73 Å². The second-order valence-electron chi connectivity index (χ2n) is 5.46. The van der Waals surface area contributed by atoms with Crippen LogP contribution < -0.4 is 11.1 Å². The van der Waals surface area contributed by atoms with E-state index in [0.717, 1.165) is 0 Å². The maximum Gasteiger partial charge on any atom is 0.240 e. The first-order chi connectivity index (χ1) is 8.78. The Bertz CT molecular complexity index is 627. The lowest BCUT2D eigenvalue weighted by Gasteiger charge is -2.21. The summed E-state index contributed by atoms with van der Waals surface area (Å²) in [6.07, 6.45) is 0. The number of rotatable bonds is 2. The third-order valence-electron chi connectivity index (χ3n) is 2.56. The summed E-state index contributed by atoms with van der Waals surface area (Å²) >= 11 is 6.14. The van der Waals surface area contributed by atoms with E-state index in [9.17, 15) is 4.79 Å².